The maximum atomic E-state index is 11.4. The van der Waals surface area contributed by atoms with Crippen LogP contribution < -0.4 is 0 Å². The number of rotatable bonds is 1. The molecule has 4 bridgehead atoms. The highest BCUT2D eigenvalue weighted by Gasteiger charge is 2.70. The maximum Gasteiger partial charge on any atom is 0.310 e. The summed E-state index contributed by atoms with van der Waals surface area (Å²) in [5.74, 6) is 1.71. The van der Waals surface area contributed by atoms with Crippen molar-refractivity contribution in [3.05, 3.63) is 0 Å². The first-order valence-electron chi connectivity index (χ1n) is 7.91. The maximum absolute atomic E-state index is 11.4. The molecule has 0 N–H and O–H groups in total. The molecule has 5 aliphatic rings. The van der Waals surface area contributed by atoms with Gasteiger partial charge in [-0.2, -0.15) is 0 Å². The number of ether oxygens (including phenoxy) is 1. The highest BCUT2D eigenvalue weighted by atomic mass is 16.6. The first-order valence-corrected chi connectivity index (χ1v) is 7.91. The van der Waals surface area contributed by atoms with E-state index in [2.05, 4.69) is 27.7 Å². The number of hydrogen-bond donors (Lipinski definition) is 0. The van der Waals surface area contributed by atoms with Gasteiger partial charge in [-0.25, -0.2) is 0 Å². The van der Waals surface area contributed by atoms with E-state index in [-0.39, 0.29) is 17.0 Å². The molecular weight excluding hydrogens is 236 g/mol. The van der Waals surface area contributed by atoms with Crippen molar-refractivity contribution in [2.24, 2.45) is 28.1 Å². The molecule has 2 nitrogen and oxygen atoms in total. The molecule has 4 saturated carbocycles. The molecule has 5 fully saturated rings. The molecule has 0 aromatic heterocycles. The van der Waals surface area contributed by atoms with E-state index in [0.29, 0.717) is 17.3 Å². The van der Waals surface area contributed by atoms with Crippen molar-refractivity contribution < 1.29 is 9.53 Å². The number of cyclic esters (lactones) is 1. The van der Waals surface area contributed by atoms with Crippen molar-refractivity contribution in [3.8, 4) is 0 Å². The van der Waals surface area contributed by atoms with Crippen LogP contribution in [0.25, 0.3) is 0 Å². The predicted molar refractivity (Wildman–Crippen MR) is 73.5 cm³/mol. The number of esters is 1. The van der Waals surface area contributed by atoms with Gasteiger partial charge in [0.2, 0.25) is 0 Å². The number of carbonyl (C=O) groups is 1. The van der Waals surface area contributed by atoms with Crippen molar-refractivity contribution in [1.82, 2.24) is 0 Å². The SMILES string of the molecule is C[C@@H]1[C@H]2C[C@@]3(C)C[C@@]1(C)C[C@@]([C@@]1(C)CC(=O)O1)(C2)C3. The Bertz CT molecular complexity index is 462. The van der Waals surface area contributed by atoms with Gasteiger partial charge in [-0.1, -0.05) is 20.8 Å². The lowest BCUT2D eigenvalue weighted by molar-refractivity contribution is -0.275. The van der Waals surface area contributed by atoms with Crippen LogP contribution in [0.15, 0.2) is 0 Å². The molecule has 1 heterocycles. The Balaban J connectivity index is 1.77. The van der Waals surface area contributed by atoms with Gasteiger partial charge in [-0.15, -0.1) is 0 Å². The standard InChI is InChI=1S/C17H26O2/c1-11-12-5-14(2)8-15(11,3)10-17(6-12,9-14)16(4)7-13(18)19-16/h11-12H,5-10H2,1-4H3/t11-,12+,14+,15+,16-,17-/m1/s1. The molecule has 0 radical (unpaired) electrons. The Morgan fingerprint density at radius 3 is 2.37 bits per heavy atom. The van der Waals surface area contributed by atoms with Gasteiger partial charge in [0.1, 0.15) is 5.60 Å². The quantitative estimate of drug-likeness (QED) is 0.669. The third-order valence-corrected chi connectivity index (χ3v) is 7.49. The lowest BCUT2D eigenvalue weighted by atomic mass is 9.34. The van der Waals surface area contributed by atoms with Crippen molar-refractivity contribution in [2.45, 2.75) is 71.8 Å². The molecule has 0 unspecified atom stereocenters. The third kappa shape index (κ3) is 1.31. The van der Waals surface area contributed by atoms with Gasteiger partial charge in [0, 0.05) is 5.41 Å². The normalized spacial score (nSPS) is 62.8. The van der Waals surface area contributed by atoms with E-state index in [4.69, 9.17) is 4.74 Å². The molecular formula is C17H26O2. The van der Waals surface area contributed by atoms with E-state index >= 15 is 0 Å². The van der Waals surface area contributed by atoms with Crippen molar-refractivity contribution >= 4 is 5.97 Å². The Hall–Kier alpha value is -0.530. The zero-order valence-electron chi connectivity index (χ0n) is 12.7. The summed E-state index contributed by atoms with van der Waals surface area (Å²) in [4.78, 5) is 11.4. The zero-order valence-corrected chi connectivity index (χ0v) is 12.7. The molecule has 2 heteroatoms. The molecule has 1 aliphatic heterocycles. The van der Waals surface area contributed by atoms with Gasteiger partial charge in [0.05, 0.1) is 6.42 Å². The molecule has 106 valence electrons. The lowest BCUT2D eigenvalue weighted by Crippen LogP contribution is -2.69. The van der Waals surface area contributed by atoms with Crippen LogP contribution in [-0.4, -0.2) is 11.6 Å². The smallest absolute Gasteiger partial charge is 0.310 e. The molecule has 6 atom stereocenters. The average Bonchev–Trinajstić information content (AvgIpc) is 2.21. The summed E-state index contributed by atoms with van der Waals surface area (Å²) in [5, 5.41) is 0. The predicted octanol–water partition coefficient (Wildman–Crippen LogP) is 3.93. The first-order chi connectivity index (χ1) is 8.70. The van der Waals surface area contributed by atoms with E-state index in [9.17, 15) is 4.79 Å². The zero-order chi connectivity index (χ0) is 13.7. The van der Waals surface area contributed by atoms with Crippen molar-refractivity contribution in [2.75, 3.05) is 0 Å². The minimum Gasteiger partial charge on any atom is -0.458 e. The number of carbonyl (C=O) groups excluding carboxylic acids is 1. The minimum absolute atomic E-state index is 0.0154. The van der Waals surface area contributed by atoms with Crippen LogP contribution in [0.2, 0.25) is 0 Å². The fraction of sp³-hybridized carbons (Fsp3) is 0.941. The van der Waals surface area contributed by atoms with Gasteiger partial charge in [0.15, 0.2) is 0 Å². The molecule has 1 saturated heterocycles. The fourth-order valence-corrected chi connectivity index (χ4v) is 6.90. The molecule has 0 spiro atoms. The van der Waals surface area contributed by atoms with Crippen LogP contribution in [0.1, 0.15) is 66.2 Å². The monoisotopic (exact) mass is 262 g/mol. The Labute approximate surface area is 116 Å². The average molecular weight is 262 g/mol. The van der Waals surface area contributed by atoms with Crippen LogP contribution in [0.5, 0.6) is 0 Å². The summed E-state index contributed by atoms with van der Waals surface area (Å²) in [5.41, 5.74) is 1.08. The van der Waals surface area contributed by atoms with Crippen molar-refractivity contribution in [3.63, 3.8) is 0 Å². The van der Waals surface area contributed by atoms with Gasteiger partial charge in [0.25, 0.3) is 0 Å². The second kappa shape index (κ2) is 3.04. The number of hydrogen-bond acceptors (Lipinski definition) is 2. The van der Waals surface area contributed by atoms with E-state index < -0.39 is 0 Å². The Morgan fingerprint density at radius 2 is 1.79 bits per heavy atom. The molecule has 0 amide bonds. The van der Waals surface area contributed by atoms with E-state index in [0.717, 1.165) is 11.8 Å². The lowest BCUT2D eigenvalue weighted by Gasteiger charge is -2.72. The van der Waals surface area contributed by atoms with Gasteiger partial charge in [-0.05, 0) is 61.7 Å². The third-order valence-electron chi connectivity index (χ3n) is 7.49. The van der Waals surface area contributed by atoms with Crippen molar-refractivity contribution in [1.29, 1.82) is 0 Å². The Kier molecular flexibility index (Phi) is 1.96. The second-order valence-electron chi connectivity index (χ2n) is 9.11. The van der Waals surface area contributed by atoms with E-state index in [1.54, 1.807) is 0 Å². The van der Waals surface area contributed by atoms with Gasteiger partial charge < -0.3 is 4.74 Å². The van der Waals surface area contributed by atoms with Crippen LogP contribution in [0.3, 0.4) is 0 Å². The molecule has 0 aromatic rings. The summed E-state index contributed by atoms with van der Waals surface area (Å²) < 4.78 is 5.70. The van der Waals surface area contributed by atoms with Crippen LogP contribution in [0, 0.1) is 28.1 Å². The summed E-state index contributed by atoms with van der Waals surface area (Å²) in [6.45, 7) is 9.66. The fourth-order valence-electron chi connectivity index (χ4n) is 6.90. The first kappa shape index (κ1) is 12.2. The molecule has 19 heavy (non-hydrogen) atoms. The van der Waals surface area contributed by atoms with Crippen LogP contribution in [-0.2, 0) is 9.53 Å². The van der Waals surface area contributed by atoms with Crippen LogP contribution >= 0.6 is 0 Å². The van der Waals surface area contributed by atoms with Crippen LogP contribution in [0.4, 0.5) is 0 Å². The summed E-state index contributed by atoms with van der Waals surface area (Å²) in [6, 6.07) is 0. The topological polar surface area (TPSA) is 26.3 Å². The molecule has 5 rings (SSSR count). The summed E-state index contributed by atoms with van der Waals surface area (Å²) in [7, 11) is 0. The minimum atomic E-state index is -0.161. The second-order valence-corrected chi connectivity index (χ2v) is 9.11. The van der Waals surface area contributed by atoms with Gasteiger partial charge >= 0.3 is 5.97 Å². The Morgan fingerprint density at radius 1 is 1.11 bits per heavy atom. The highest BCUT2D eigenvalue weighted by Crippen LogP contribution is 2.75. The van der Waals surface area contributed by atoms with E-state index in [1.165, 1.54) is 32.1 Å². The highest BCUT2D eigenvalue weighted by molar-refractivity contribution is 5.77. The molecule has 4 aliphatic carbocycles. The summed E-state index contributed by atoms with van der Waals surface area (Å²) >= 11 is 0. The van der Waals surface area contributed by atoms with E-state index in [1.807, 2.05) is 0 Å². The largest absolute Gasteiger partial charge is 0.458 e. The summed E-state index contributed by atoms with van der Waals surface area (Å²) in [6.07, 6.45) is 7.28. The molecule has 0 aromatic carbocycles. The van der Waals surface area contributed by atoms with Gasteiger partial charge in [-0.3, -0.25) is 4.79 Å².